The van der Waals surface area contributed by atoms with Crippen molar-refractivity contribution in [3.05, 3.63) is 35.1 Å². The normalized spacial score (nSPS) is 15.5. The molecule has 104 valence electrons. The smallest absolute Gasteiger partial charge is 0.335 e. The Morgan fingerprint density at radius 2 is 2.16 bits per heavy atom. The van der Waals surface area contributed by atoms with Gasteiger partial charge in [0.2, 0.25) is 0 Å². The van der Waals surface area contributed by atoms with Crippen LogP contribution in [0.3, 0.4) is 0 Å². The van der Waals surface area contributed by atoms with Gasteiger partial charge in [0, 0.05) is 13.1 Å². The van der Waals surface area contributed by atoms with Gasteiger partial charge in [0.05, 0.1) is 5.56 Å². The molecule has 2 rings (SSSR count). The predicted molar refractivity (Wildman–Crippen MR) is 71.7 cm³/mol. The van der Waals surface area contributed by atoms with Gasteiger partial charge in [0.15, 0.2) is 0 Å². The molecule has 1 aliphatic rings. The van der Waals surface area contributed by atoms with E-state index in [9.17, 15) is 9.18 Å². The first-order valence-corrected chi connectivity index (χ1v) is 6.83. The topological polar surface area (TPSA) is 40.5 Å². The van der Waals surface area contributed by atoms with Crippen molar-refractivity contribution in [2.75, 3.05) is 13.1 Å². The van der Waals surface area contributed by atoms with Crippen LogP contribution < -0.4 is 0 Å². The Hall–Kier alpha value is -1.42. The van der Waals surface area contributed by atoms with Gasteiger partial charge in [-0.2, -0.15) is 0 Å². The zero-order chi connectivity index (χ0) is 13.8. The summed E-state index contributed by atoms with van der Waals surface area (Å²) in [6.45, 7) is 4.62. The summed E-state index contributed by atoms with van der Waals surface area (Å²) < 4.78 is 13.4. The van der Waals surface area contributed by atoms with Gasteiger partial charge < -0.3 is 5.11 Å². The van der Waals surface area contributed by atoms with Crippen LogP contribution in [0.5, 0.6) is 0 Å². The molecule has 0 saturated heterocycles. The van der Waals surface area contributed by atoms with E-state index < -0.39 is 11.8 Å². The SMILES string of the molecule is CCN(Cc1cc(F)cc(C(=O)O)c1)CC1CCC1. The fourth-order valence-electron chi connectivity index (χ4n) is 2.47. The highest BCUT2D eigenvalue weighted by Crippen LogP contribution is 2.27. The Kier molecular flexibility index (Phi) is 4.53. The van der Waals surface area contributed by atoms with Crippen LogP contribution in [0.4, 0.5) is 4.39 Å². The van der Waals surface area contributed by atoms with Crippen LogP contribution in [0, 0.1) is 11.7 Å². The van der Waals surface area contributed by atoms with E-state index in [1.807, 2.05) is 0 Å². The number of carboxylic acids is 1. The molecule has 0 heterocycles. The first-order chi connectivity index (χ1) is 9.08. The fourth-order valence-corrected chi connectivity index (χ4v) is 2.47. The molecule has 1 aromatic rings. The Labute approximate surface area is 113 Å². The lowest BCUT2D eigenvalue weighted by Gasteiger charge is -2.31. The maximum Gasteiger partial charge on any atom is 0.335 e. The highest BCUT2D eigenvalue weighted by Gasteiger charge is 2.20. The molecule has 3 nitrogen and oxygen atoms in total. The van der Waals surface area contributed by atoms with Crippen molar-refractivity contribution in [2.24, 2.45) is 5.92 Å². The Morgan fingerprint density at radius 1 is 1.42 bits per heavy atom. The fraction of sp³-hybridized carbons (Fsp3) is 0.533. The van der Waals surface area contributed by atoms with Crippen LogP contribution in [-0.4, -0.2) is 29.1 Å². The molecular formula is C15H20FNO2. The largest absolute Gasteiger partial charge is 0.478 e. The van der Waals surface area contributed by atoms with E-state index in [0.717, 1.165) is 30.6 Å². The van der Waals surface area contributed by atoms with Gasteiger partial charge in [0.1, 0.15) is 5.82 Å². The molecule has 1 aromatic carbocycles. The van der Waals surface area contributed by atoms with Gasteiger partial charge in [-0.15, -0.1) is 0 Å². The van der Waals surface area contributed by atoms with Crippen molar-refractivity contribution in [2.45, 2.75) is 32.7 Å². The molecule has 0 bridgehead atoms. The third-order valence-corrected chi connectivity index (χ3v) is 3.80. The number of carboxylic acid groups (broad SMARTS) is 1. The number of nitrogens with zero attached hydrogens (tertiary/aromatic N) is 1. The van der Waals surface area contributed by atoms with Crippen molar-refractivity contribution >= 4 is 5.97 Å². The van der Waals surface area contributed by atoms with Gasteiger partial charge >= 0.3 is 5.97 Å². The summed E-state index contributed by atoms with van der Waals surface area (Å²) in [5, 5.41) is 8.94. The molecule has 1 N–H and O–H groups in total. The van der Waals surface area contributed by atoms with Gasteiger partial charge in [-0.05, 0) is 49.1 Å². The highest BCUT2D eigenvalue weighted by atomic mass is 19.1. The summed E-state index contributed by atoms with van der Waals surface area (Å²) >= 11 is 0. The molecule has 19 heavy (non-hydrogen) atoms. The van der Waals surface area contributed by atoms with Crippen LogP contribution in [0.15, 0.2) is 18.2 Å². The molecule has 1 fully saturated rings. The average molecular weight is 265 g/mol. The monoisotopic (exact) mass is 265 g/mol. The van der Waals surface area contributed by atoms with Crippen LogP contribution in [0.2, 0.25) is 0 Å². The average Bonchev–Trinajstić information content (AvgIpc) is 2.31. The van der Waals surface area contributed by atoms with Gasteiger partial charge in [-0.25, -0.2) is 9.18 Å². The van der Waals surface area contributed by atoms with E-state index in [4.69, 9.17) is 5.11 Å². The maximum absolute atomic E-state index is 13.4. The molecule has 0 radical (unpaired) electrons. The summed E-state index contributed by atoms with van der Waals surface area (Å²) in [5.41, 5.74) is 0.758. The van der Waals surface area contributed by atoms with E-state index in [2.05, 4.69) is 11.8 Å². The van der Waals surface area contributed by atoms with Crippen LogP contribution in [-0.2, 0) is 6.54 Å². The Bertz CT molecular complexity index is 457. The van der Waals surface area contributed by atoms with Crippen molar-refractivity contribution in [3.63, 3.8) is 0 Å². The molecule has 0 aromatic heterocycles. The van der Waals surface area contributed by atoms with E-state index >= 15 is 0 Å². The lowest BCUT2D eigenvalue weighted by Crippen LogP contribution is -2.32. The summed E-state index contributed by atoms with van der Waals surface area (Å²) in [7, 11) is 0. The standard InChI is InChI=1S/C15H20FNO2/c1-2-17(9-11-4-3-5-11)10-12-6-13(15(18)19)8-14(16)7-12/h6-8,11H,2-5,9-10H2,1H3,(H,18,19). The van der Waals surface area contributed by atoms with E-state index in [-0.39, 0.29) is 5.56 Å². The predicted octanol–water partition coefficient (Wildman–Crippen LogP) is 3.15. The van der Waals surface area contributed by atoms with E-state index in [1.165, 1.54) is 25.3 Å². The lowest BCUT2D eigenvalue weighted by molar-refractivity contribution is 0.0696. The quantitative estimate of drug-likeness (QED) is 0.859. The first kappa shape index (κ1) is 14.0. The molecule has 0 atom stereocenters. The Morgan fingerprint density at radius 3 is 2.68 bits per heavy atom. The van der Waals surface area contributed by atoms with Crippen LogP contribution in [0.25, 0.3) is 0 Å². The zero-order valence-electron chi connectivity index (χ0n) is 11.2. The summed E-state index contributed by atoms with van der Waals surface area (Å²) in [6.07, 6.45) is 3.87. The molecule has 0 spiro atoms. The zero-order valence-corrected chi connectivity index (χ0v) is 11.2. The van der Waals surface area contributed by atoms with Gasteiger partial charge in [-0.1, -0.05) is 13.3 Å². The molecule has 0 aliphatic heterocycles. The lowest BCUT2D eigenvalue weighted by atomic mass is 9.85. The molecule has 1 saturated carbocycles. The molecule has 4 heteroatoms. The minimum absolute atomic E-state index is 0.0229. The summed E-state index contributed by atoms with van der Waals surface area (Å²) in [4.78, 5) is 13.2. The second-order valence-corrected chi connectivity index (χ2v) is 5.28. The Balaban J connectivity index is 2.05. The van der Waals surface area contributed by atoms with E-state index in [1.54, 1.807) is 6.07 Å². The van der Waals surface area contributed by atoms with Gasteiger partial charge in [-0.3, -0.25) is 4.90 Å². The number of hydrogen-bond donors (Lipinski definition) is 1. The number of benzene rings is 1. The molecular weight excluding hydrogens is 245 g/mol. The number of halogens is 1. The summed E-state index contributed by atoms with van der Waals surface area (Å²) in [6, 6.07) is 4.05. The van der Waals surface area contributed by atoms with Crippen molar-refractivity contribution in [1.29, 1.82) is 0 Å². The minimum Gasteiger partial charge on any atom is -0.478 e. The number of rotatable bonds is 6. The molecule has 0 unspecified atom stereocenters. The second kappa shape index (κ2) is 6.15. The van der Waals surface area contributed by atoms with Crippen LogP contribution in [0.1, 0.15) is 42.1 Å². The molecule has 1 aliphatic carbocycles. The number of carbonyl (C=O) groups is 1. The van der Waals surface area contributed by atoms with Crippen molar-refractivity contribution < 1.29 is 14.3 Å². The third-order valence-electron chi connectivity index (χ3n) is 3.80. The second-order valence-electron chi connectivity index (χ2n) is 5.28. The number of aromatic carboxylic acids is 1. The van der Waals surface area contributed by atoms with Crippen molar-refractivity contribution in [3.8, 4) is 0 Å². The molecule has 0 amide bonds. The maximum atomic E-state index is 13.4. The van der Waals surface area contributed by atoms with Crippen molar-refractivity contribution in [1.82, 2.24) is 4.90 Å². The minimum atomic E-state index is -1.08. The van der Waals surface area contributed by atoms with Gasteiger partial charge in [0.25, 0.3) is 0 Å². The first-order valence-electron chi connectivity index (χ1n) is 6.83. The third kappa shape index (κ3) is 3.77. The van der Waals surface area contributed by atoms with Crippen LogP contribution >= 0.6 is 0 Å². The summed E-state index contributed by atoms with van der Waals surface area (Å²) in [5.74, 6) is -0.801. The number of hydrogen-bond acceptors (Lipinski definition) is 2. The van der Waals surface area contributed by atoms with E-state index in [0.29, 0.717) is 6.54 Å². The highest BCUT2D eigenvalue weighted by molar-refractivity contribution is 5.87.